The number of rotatable bonds is 0. The third kappa shape index (κ3) is 2.75. The molecule has 5 heteroatoms. The van der Waals surface area contributed by atoms with Crippen molar-refractivity contribution in [1.82, 2.24) is 10.6 Å². The molecular formula is C16H28N2O3. The van der Waals surface area contributed by atoms with Crippen LogP contribution in [0, 0.1) is 5.41 Å². The van der Waals surface area contributed by atoms with Gasteiger partial charge in [-0.15, -0.1) is 0 Å². The molecule has 0 aromatic carbocycles. The zero-order valence-electron chi connectivity index (χ0n) is 12.9. The third-order valence-corrected chi connectivity index (χ3v) is 5.82. The number of piperidine rings is 2. The molecule has 0 aliphatic carbocycles. The second-order valence-corrected chi connectivity index (χ2v) is 7.52. The van der Waals surface area contributed by atoms with E-state index >= 15 is 0 Å². The van der Waals surface area contributed by atoms with Gasteiger partial charge in [0.25, 0.3) is 0 Å². The van der Waals surface area contributed by atoms with Crippen molar-refractivity contribution in [2.45, 2.75) is 49.9 Å². The lowest BCUT2D eigenvalue weighted by Crippen LogP contribution is -2.61. The van der Waals surface area contributed by atoms with Gasteiger partial charge in [0.1, 0.15) is 0 Å². The molecule has 0 amide bonds. The quantitative estimate of drug-likeness (QED) is 0.699. The van der Waals surface area contributed by atoms with Crippen molar-refractivity contribution in [2.75, 3.05) is 46.0 Å². The molecule has 4 fully saturated rings. The van der Waals surface area contributed by atoms with E-state index in [0.29, 0.717) is 0 Å². The van der Waals surface area contributed by atoms with E-state index < -0.39 is 0 Å². The fraction of sp³-hybridized carbons (Fsp3) is 1.00. The topological polar surface area (TPSA) is 51.8 Å². The Hall–Kier alpha value is -0.200. The number of hydrogen-bond donors (Lipinski definition) is 2. The number of ether oxygens (including phenoxy) is 3. The second-order valence-electron chi connectivity index (χ2n) is 7.52. The summed E-state index contributed by atoms with van der Waals surface area (Å²) in [6.45, 7) is 6.43. The van der Waals surface area contributed by atoms with Gasteiger partial charge in [-0.25, -0.2) is 0 Å². The van der Waals surface area contributed by atoms with Gasteiger partial charge in [-0.05, 0) is 45.2 Å². The Kier molecular flexibility index (Phi) is 3.74. The van der Waals surface area contributed by atoms with Crippen molar-refractivity contribution in [3.63, 3.8) is 0 Å². The van der Waals surface area contributed by atoms with Gasteiger partial charge >= 0.3 is 0 Å². The maximum atomic E-state index is 6.34. The van der Waals surface area contributed by atoms with E-state index in [-0.39, 0.29) is 16.8 Å². The number of nitrogens with one attached hydrogen (secondary N) is 2. The molecule has 0 aromatic heterocycles. The van der Waals surface area contributed by atoms with Crippen LogP contribution in [0.1, 0.15) is 38.5 Å². The molecule has 0 saturated carbocycles. The van der Waals surface area contributed by atoms with Crippen molar-refractivity contribution in [3.8, 4) is 0 Å². The summed E-state index contributed by atoms with van der Waals surface area (Å²) in [6.07, 6.45) is 6.89. The maximum absolute atomic E-state index is 6.34. The molecule has 3 spiro atoms. The SMILES string of the molecule is C1CNCC2(C1)CCC1(CO2)COC2(CCCNC2)OC1. The summed E-state index contributed by atoms with van der Waals surface area (Å²) in [5.41, 5.74) is 0.177. The van der Waals surface area contributed by atoms with Gasteiger partial charge < -0.3 is 24.8 Å². The smallest absolute Gasteiger partial charge is 0.180 e. The first-order valence-corrected chi connectivity index (χ1v) is 8.57. The first kappa shape index (κ1) is 14.4. The summed E-state index contributed by atoms with van der Waals surface area (Å²) >= 11 is 0. The van der Waals surface area contributed by atoms with Crippen LogP contribution >= 0.6 is 0 Å². The summed E-state index contributed by atoms with van der Waals surface area (Å²) in [6, 6.07) is 0. The van der Waals surface area contributed by atoms with Crippen LogP contribution < -0.4 is 10.6 Å². The highest BCUT2D eigenvalue weighted by molar-refractivity contribution is 4.97. The predicted molar refractivity (Wildman–Crippen MR) is 79.2 cm³/mol. The van der Waals surface area contributed by atoms with Crippen molar-refractivity contribution in [2.24, 2.45) is 5.41 Å². The van der Waals surface area contributed by atoms with Gasteiger partial charge in [0.15, 0.2) is 5.79 Å². The van der Waals surface area contributed by atoms with E-state index in [1.54, 1.807) is 0 Å². The Morgan fingerprint density at radius 1 is 0.667 bits per heavy atom. The van der Waals surface area contributed by atoms with E-state index in [1.165, 1.54) is 12.8 Å². The van der Waals surface area contributed by atoms with Crippen molar-refractivity contribution >= 4 is 0 Å². The molecule has 5 nitrogen and oxygen atoms in total. The minimum Gasteiger partial charge on any atom is -0.373 e. The Labute approximate surface area is 127 Å². The fourth-order valence-corrected chi connectivity index (χ4v) is 4.20. The minimum atomic E-state index is -0.356. The highest BCUT2D eigenvalue weighted by Crippen LogP contribution is 2.44. The lowest BCUT2D eigenvalue weighted by molar-refractivity contribution is -0.326. The van der Waals surface area contributed by atoms with Gasteiger partial charge in [-0.2, -0.15) is 0 Å². The first-order valence-electron chi connectivity index (χ1n) is 8.57. The standard InChI is InChI=1S/C16H28N2O3/c1-3-15(9-17-7-1)6-5-14(11-19-15)12-20-16(21-13-14)4-2-8-18-10-16/h17-18H,1-13H2. The zero-order valence-corrected chi connectivity index (χ0v) is 12.9. The molecule has 0 aromatic rings. The van der Waals surface area contributed by atoms with Crippen molar-refractivity contribution in [3.05, 3.63) is 0 Å². The fourth-order valence-electron chi connectivity index (χ4n) is 4.20. The largest absolute Gasteiger partial charge is 0.373 e. The molecule has 120 valence electrons. The molecular weight excluding hydrogens is 268 g/mol. The van der Waals surface area contributed by atoms with Crippen LogP contribution in [0.2, 0.25) is 0 Å². The highest BCUT2D eigenvalue weighted by atomic mass is 16.7. The molecule has 1 unspecified atom stereocenters. The van der Waals surface area contributed by atoms with Gasteiger partial charge in [0.05, 0.1) is 25.4 Å². The monoisotopic (exact) mass is 296 g/mol. The first-order chi connectivity index (χ1) is 10.2. The van der Waals surface area contributed by atoms with Gasteiger partial charge in [0, 0.05) is 24.9 Å². The van der Waals surface area contributed by atoms with E-state index in [4.69, 9.17) is 14.2 Å². The highest BCUT2D eigenvalue weighted by Gasteiger charge is 2.50. The lowest BCUT2D eigenvalue weighted by atomic mass is 9.75. The Balaban J connectivity index is 1.35. The average Bonchev–Trinajstić information content (AvgIpc) is 2.56. The summed E-state index contributed by atoms with van der Waals surface area (Å²) in [7, 11) is 0. The van der Waals surface area contributed by atoms with Crippen molar-refractivity contribution in [1.29, 1.82) is 0 Å². The molecule has 0 bridgehead atoms. The van der Waals surface area contributed by atoms with E-state index in [9.17, 15) is 0 Å². The van der Waals surface area contributed by atoms with Crippen LogP contribution in [-0.4, -0.2) is 57.4 Å². The molecule has 0 radical (unpaired) electrons. The van der Waals surface area contributed by atoms with Crippen molar-refractivity contribution < 1.29 is 14.2 Å². The molecule has 4 aliphatic heterocycles. The van der Waals surface area contributed by atoms with Crippen LogP contribution in [0.5, 0.6) is 0 Å². The number of hydrogen-bond acceptors (Lipinski definition) is 5. The molecule has 4 aliphatic rings. The molecule has 4 rings (SSSR count). The van der Waals surface area contributed by atoms with Gasteiger partial charge in [-0.3, -0.25) is 0 Å². The lowest BCUT2D eigenvalue weighted by Gasteiger charge is -2.53. The molecule has 1 atom stereocenters. The van der Waals surface area contributed by atoms with Crippen LogP contribution in [0.3, 0.4) is 0 Å². The predicted octanol–water partition coefficient (Wildman–Crippen LogP) is 1.03. The maximum Gasteiger partial charge on any atom is 0.180 e. The molecule has 21 heavy (non-hydrogen) atoms. The third-order valence-electron chi connectivity index (χ3n) is 5.82. The van der Waals surface area contributed by atoms with Crippen LogP contribution in [0.25, 0.3) is 0 Å². The van der Waals surface area contributed by atoms with Gasteiger partial charge in [-0.1, -0.05) is 0 Å². The summed E-state index contributed by atoms with van der Waals surface area (Å²) in [5.74, 6) is -0.356. The van der Waals surface area contributed by atoms with E-state index in [1.807, 2.05) is 0 Å². The Morgan fingerprint density at radius 2 is 1.38 bits per heavy atom. The zero-order chi connectivity index (χ0) is 14.2. The normalized spacial score (nSPS) is 48.0. The molecule has 4 heterocycles. The summed E-state index contributed by atoms with van der Waals surface area (Å²) < 4.78 is 18.7. The summed E-state index contributed by atoms with van der Waals surface area (Å²) in [5, 5.41) is 6.88. The molecule has 4 saturated heterocycles. The van der Waals surface area contributed by atoms with E-state index in [2.05, 4.69) is 10.6 Å². The van der Waals surface area contributed by atoms with Crippen LogP contribution in [-0.2, 0) is 14.2 Å². The Morgan fingerprint density at radius 3 is 1.95 bits per heavy atom. The van der Waals surface area contributed by atoms with Gasteiger partial charge in [0.2, 0.25) is 0 Å². The van der Waals surface area contributed by atoms with E-state index in [0.717, 1.165) is 71.7 Å². The van der Waals surface area contributed by atoms with Crippen LogP contribution in [0.4, 0.5) is 0 Å². The second kappa shape index (κ2) is 5.46. The average molecular weight is 296 g/mol. The molecule has 2 N–H and O–H groups in total. The Bertz CT molecular complexity index is 316. The minimum absolute atomic E-state index is 0.0883. The summed E-state index contributed by atoms with van der Waals surface area (Å²) in [4.78, 5) is 0. The van der Waals surface area contributed by atoms with Crippen LogP contribution in [0.15, 0.2) is 0 Å².